The average Bonchev–Trinajstić information content (AvgIpc) is 2.50. The van der Waals surface area contributed by atoms with E-state index in [1.54, 1.807) is 26.4 Å². The summed E-state index contributed by atoms with van der Waals surface area (Å²) in [6.07, 6.45) is 0. The first-order valence-corrected chi connectivity index (χ1v) is 7.50. The molecule has 2 rings (SSSR count). The van der Waals surface area contributed by atoms with E-state index in [-0.39, 0.29) is 0 Å². The lowest BCUT2D eigenvalue weighted by Gasteiger charge is -2.08. The summed E-state index contributed by atoms with van der Waals surface area (Å²) in [4.78, 5) is 1.80. The molecule has 0 aromatic heterocycles. The van der Waals surface area contributed by atoms with E-state index in [0.717, 1.165) is 9.79 Å². The lowest BCUT2D eigenvalue weighted by Crippen LogP contribution is -1.92. The van der Waals surface area contributed by atoms with E-state index in [9.17, 15) is 0 Å². The van der Waals surface area contributed by atoms with E-state index in [2.05, 4.69) is 0 Å². The Labute approximate surface area is 132 Å². The molecule has 0 fully saturated rings. The first-order chi connectivity index (χ1) is 10.1. The highest BCUT2D eigenvalue weighted by atomic mass is 32.2. The van der Waals surface area contributed by atoms with Crippen LogP contribution in [0.2, 0.25) is 0 Å². The molecule has 112 valence electrons. The lowest BCUT2D eigenvalue weighted by atomic mass is 10.3. The fourth-order valence-corrected chi connectivity index (χ4v) is 2.90. The van der Waals surface area contributed by atoms with Crippen molar-refractivity contribution in [3.8, 4) is 11.5 Å². The van der Waals surface area contributed by atoms with Gasteiger partial charge in [-0.15, -0.1) is 0 Å². The van der Waals surface area contributed by atoms with Crippen molar-refractivity contribution < 1.29 is 13.1 Å². The van der Waals surface area contributed by atoms with Gasteiger partial charge in [0, 0.05) is 33.9 Å². The van der Waals surface area contributed by atoms with Gasteiger partial charge in [-0.05, 0) is 36.4 Å². The maximum atomic E-state index is 5.76. The quantitative estimate of drug-likeness (QED) is 0.620. The maximum Gasteiger partial charge on any atom is 0.142 e. The van der Waals surface area contributed by atoms with Crippen molar-refractivity contribution in [1.29, 1.82) is 0 Å². The van der Waals surface area contributed by atoms with E-state index < -0.39 is 0 Å². The molecule has 0 saturated heterocycles. The minimum absolute atomic E-state index is 0.595. The molecule has 0 radical (unpaired) electrons. The molecule has 0 unspecified atom stereocenters. The average molecular weight is 324 g/mol. The van der Waals surface area contributed by atoms with Gasteiger partial charge in [-0.25, -0.2) is 3.63 Å². The third-order valence-corrected chi connectivity index (χ3v) is 4.11. The summed E-state index contributed by atoms with van der Waals surface area (Å²) in [5.74, 6) is 1.26. The Morgan fingerprint density at radius 3 is 1.57 bits per heavy atom. The second kappa shape index (κ2) is 7.35. The van der Waals surface area contributed by atoms with Crippen LogP contribution in [-0.4, -0.2) is 14.2 Å². The first-order valence-electron chi connectivity index (χ1n) is 6.02. The Morgan fingerprint density at radius 2 is 1.19 bits per heavy atom. The number of hydrogen-bond donors (Lipinski definition) is 2. The third kappa shape index (κ3) is 4.13. The van der Waals surface area contributed by atoms with Crippen molar-refractivity contribution in [1.82, 2.24) is 0 Å². The topological polar surface area (TPSA) is 79.7 Å². The minimum Gasteiger partial charge on any atom is -0.495 e. The Morgan fingerprint density at radius 1 is 0.762 bits per heavy atom. The van der Waals surface area contributed by atoms with Crippen molar-refractivity contribution in [3.63, 3.8) is 0 Å². The Balaban J connectivity index is 1.95. The van der Waals surface area contributed by atoms with E-state index in [4.69, 9.17) is 24.6 Å². The molecule has 2 aromatic carbocycles. The van der Waals surface area contributed by atoms with Gasteiger partial charge < -0.3 is 20.9 Å². The maximum absolute atomic E-state index is 5.76. The molecule has 0 atom stereocenters. The highest BCUT2D eigenvalue weighted by Crippen LogP contribution is 2.35. The van der Waals surface area contributed by atoms with Crippen molar-refractivity contribution in [2.45, 2.75) is 9.79 Å². The van der Waals surface area contributed by atoms with Crippen LogP contribution >= 0.6 is 24.1 Å². The smallest absolute Gasteiger partial charge is 0.142 e. The van der Waals surface area contributed by atoms with Crippen LogP contribution in [0.15, 0.2) is 46.2 Å². The third-order valence-electron chi connectivity index (χ3n) is 2.67. The zero-order chi connectivity index (χ0) is 15.2. The predicted octanol–water partition coefficient (Wildman–Crippen LogP) is 3.60. The SMILES string of the molecule is COc1cc(SOSc2ccc(N)c(OC)c2)ccc1N. The number of anilines is 2. The first kappa shape index (κ1) is 15.7. The number of nitrogen functional groups attached to an aromatic ring is 2. The van der Waals surface area contributed by atoms with E-state index in [1.165, 1.54) is 24.1 Å². The van der Waals surface area contributed by atoms with Crippen LogP contribution in [0.4, 0.5) is 11.4 Å². The molecular weight excluding hydrogens is 308 g/mol. The van der Waals surface area contributed by atoms with E-state index in [0.29, 0.717) is 22.9 Å². The summed E-state index contributed by atoms with van der Waals surface area (Å²) in [6.45, 7) is 0. The number of methoxy groups -OCH3 is 2. The van der Waals surface area contributed by atoms with Gasteiger partial charge >= 0.3 is 0 Å². The summed E-state index contributed by atoms with van der Waals surface area (Å²) in [5, 5.41) is 0. The second-order valence-electron chi connectivity index (χ2n) is 4.04. The van der Waals surface area contributed by atoms with E-state index >= 15 is 0 Å². The monoisotopic (exact) mass is 324 g/mol. The van der Waals surface area contributed by atoms with Crippen LogP contribution in [-0.2, 0) is 3.63 Å². The highest BCUT2D eigenvalue weighted by Gasteiger charge is 2.05. The van der Waals surface area contributed by atoms with Crippen LogP contribution in [0.25, 0.3) is 0 Å². The molecule has 0 heterocycles. The molecule has 0 spiro atoms. The fraction of sp³-hybridized carbons (Fsp3) is 0.143. The molecule has 0 aliphatic rings. The molecule has 0 amide bonds. The molecule has 5 nitrogen and oxygen atoms in total. The van der Waals surface area contributed by atoms with Crippen LogP contribution in [0, 0.1) is 0 Å². The summed E-state index contributed by atoms with van der Waals surface area (Å²) >= 11 is 2.45. The zero-order valence-electron chi connectivity index (χ0n) is 11.7. The van der Waals surface area contributed by atoms with Crippen LogP contribution in [0.3, 0.4) is 0 Å². The Bertz CT molecular complexity index is 570. The number of hydrogen-bond acceptors (Lipinski definition) is 7. The second-order valence-corrected chi connectivity index (χ2v) is 5.86. The van der Waals surface area contributed by atoms with Gasteiger partial charge in [0.25, 0.3) is 0 Å². The minimum atomic E-state index is 0.595. The predicted molar refractivity (Wildman–Crippen MR) is 87.6 cm³/mol. The van der Waals surface area contributed by atoms with Gasteiger partial charge in [0.1, 0.15) is 11.5 Å². The summed E-state index contributed by atoms with van der Waals surface area (Å²) in [5.41, 5.74) is 12.7. The number of ether oxygens (including phenoxy) is 2. The number of rotatable bonds is 6. The molecule has 0 bridgehead atoms. The zero-order valence-corrected chi connectivity index (χ0v) is 13.3. The van der Waals surface area contributed by atoms with Gasteiger partial charge in [-0.3, -0.25) is 0 Å². The number of nitrogens with two attached hydrogens (primary N) is 2. The Hall–Kier alpha value is -1.70. The molecule has 21 heavy (non-hydrogen) atoms. The van der Waals surface area contributed by atoms with Gasteiger partial charge in [-0.2, -0.15) is 0 Å². The standard InChI is InChI=1S/C14H16N2O3S2/c1-17-13-7-9(3-5-11(13)15)20-19-21-10-4-6-12(16)14(8-10)18-2/h3-8H,15-16H2,1-2H3. The summed E-state index contributed by atoms with van der Waals surface area (Å²) < 4.78 is 15.9. The summed E-state index contributed by atoms with van der Waals surface area (Å²) in [6, 6.07) is 10.9. The van der Waals surface area contributed by atoms with Crippen LogP contribution in [0.5, 0.6) is 11.5 Å². The lowest BCUT2D eigenvalue weighted by molar-refractivity contribution is 0.416. The highest BCUT2D eigenvalue weighted by molar-refractivity contribution is 8.07. The van der Waals surface area contributed by atoms with Gasteiger partial charge in [0.15, 0.2) is 0 Å². The fourth-order valence-electron chi connectivity index (χ4n) is 1.58. The van der Waals surface area contributed by atoms with Crippen molar-refractivity contribution in [3.05, 3.63) is 36.4 Å². The van der Waals surface area contributed by atoms with Crippen molar-refractivity contribution in [2.75, 3.05) is 25.7 Å². The largest absolute Gasteiger partial charge is 0.495 e. The number of benzene rings is 2. The normalized spacial score (nSPS) is 10.4. The van der Waals surface area contributed by atoms with Gasteiger partial charge in [0.05, 0.1) is 25.6 Å². The molecular formula is C14H16N2O3S2. The molecule has 4 N–H and O–H groups in total. The van der Waals surface area contributed by atoms with Crippen molar-refractivity contribution in [2.24, 2.45) is 0 Å². The van der Waals surface area contributed by atoms with Crippen molar-refractivity contribution >= 4 is 35.5 Å². The van der Waals surface area contributed by atoms with E-state index in [1.807, 2.05) is 24.3 Å². The van der Waals surface area contributed by atoms with Gasteiger partial charge in [0.2, 0.25) is 0 Å². The summed E-state index contributed by atoms with van der Waals surface area (Å²) in [7, 11) is 3.16. The molecule has 2 aromatic rings. The molecule has 0 saturated carbocycles. The van der Waals surface area contributed by atoms with Gasteiger partial charge in [-0.1, -0.05) is 0 Å². The van der Waals surface area contributed by atoms with Crippen LogP contribution < -0.4 is 20.9 Å². The molecule has 7 heteroatoms. The Kier molecular flexibility index (Phi) is 5.49. The molecule has 0 aliphatic carbocycles. The molecule has 0 aliphatic heterocycles. The van der Waals surface area contributed by atoms with Crippen LogP contribution in [0.1, 0.15) is 0 Å².